The Hall–Kier alpha value is -2.27. The van der Waals surface area contributed by atoms with E-state index in [9.17, 15) is 8.78 Å². The fourth-order valence-corrected chi connectivity index (χ4v) is 2.44. The maximum Gasteiger partial charge on any atom is 0.177 e. The highest BCUT2D eigenvalue weighted by Crippen LogP contribution is 2.21. The average Bonchev–Trinajstić information content (AvgIpc) is 2.84. The standard InChI is InChI=1S/C16H12F2N2S/c17-13-7-6-12(14(18)8-13)10-20-15(9-19-16(20)21)11-4-2-1-3-5-11/h1-9H,10H2,(H,19,21). The second-order valence-corrected chi connectivity index (χ2v) is 5.05. The van der Waals surface area contributed by atoms with E-state index in [0.29, 0.717) is 10.3 Å². The van der Waals surface area contributed by atoms with Crippen molar-refractivity contribution in [2.75, 3.05) is 0 Å². The molecule has 0 aliphatic rings. The molecular formula is C16H12F2N2S. The van der Waals surface area contributed by atoms with Gasteiger partial charge in [-0.25, -0.2) is 8.78 Å². The van der Waals surface area contributed by atoms with Crippen molar-refractivity contribution < 1.29 is 8.78 Å². The molecule has 2 aromatic carbocycles. The summed E-state index contributed by atoms with van der Waals surface area (Å²) in [5.74, 6) is -1.16. The first-order valence-electron chi connectivity index (χ1n) is 6.43. The van der Waals surface area contributed by atoms with Gasteiger partial charge in [-0.1, -0.05) is 36.4 Å². The van der Waals surface area contributed by atoms with Crippen LogP contribution in [0.1, 0.15) is 5.56 Å². The Labute approximate surface area is 125 Å². The third-order valence-corrected chi connectivity index (χ3v) is 3.62. The van der Waals surface area contributed by atoms with Crippen molar-refractivity contribution in [1.82, 2.24) is 9.55 Å². The van der Waals surface area contributed by atoms with Gasteiger partial charge in [0.05, 0.1) is 12.2 Å². The molecule has 0 atom stereocenters. The molecule has 0 spiro atoms. The quantitative estimate of drug-likeness (QED) is 0.704. The predicted octanol–water partition coefficient (Wildman–Crippen LogP) is 4.54. The van der Waals surface area contributed by atoms with Crippen molar-refractivity contribution >= 4 is 12.2 Å². The van der Waals surface area contributed by atoms with Gasteiger partial charge in [-0.3, -0.25) is 0 Å². The monoisotopic (exact) mass is 302 g/mol. The molecule has 21 heavy (non-hydrogen) atoms. The third-order valence-electron chi connectivity index (χ3n) is 3.28. The molecule has 1 aromatic heterocycles. The summed E-state index contributed by atoms with van der Waals surface area (Å²) in [5, 5.41) is 0. The number of nitrogens with zero attached hydrogens (tertiary/aromatic N) is 1. The number of halogens is 2. The minimum absolute atomic E-state index is 0.249. The predicted molar refractivity (Wildman–Crippen MR) is 80.5 cm³/mol. The number of benzene rings is 2. The van der Waals surface area contributed by atoms with Crippen LogP contribution in [0.15, 0.2) is 54.7 Å². The number of H-pyrrole nitrogens is 1. The van der Waals surface area contributed by atoms with Gasteiger partial charge in [-0.2, -0.15) is 0 Å². The molecule has 0 aliphatic carbocycles. The van der Waals surface area contributed by atoms with Crippen LogP contribution in [-0.2, 0) is 6.54 Å². The Morgan fingerprint density at radius 1 is 1.05 bits per heavy atom. The minimum Gasteiger partial charge on any atom is -0.337 e. The number of nitrogens with one attached hydrogen (secondary N) is 1. The Morgan fingerprint density at radius 2 is 1.81 bits per heavy atom. The number of hydrogen-bond donors (Lipinski definition) is 1. The summed E-state index contributed by atoms with van der Waals surface area (Å²) >= 11 is 5.25. The number of rotatable bonds is 3. The topological polar surface area (TPSA) is 20.7 Å². The van der Waals surface area contributed by atoms with E-state index in [1.165, 1.54) is 12.1 Å². The lowest BCUT2D eigenvalue weighted by atomic mass is 10.1. The van der Waals surface area contributed by atoms with E-state index in [1.54, 1.807) is 10.8 Å². The van der Waals surface area contributed by atoms with Gasteiger partial charge in [0.1, 0.15) is 11.6 Å². The van der Waals surface area contributed by atoms with E-state index in [-0.39, 0.29) is 6.54 Å². The fraction of sp³-hybridized carbons (Fsp3) is 0.0625. The van der Waals surface area contributed by atoms with Gasteiger partial charge in [0, 0.05) is 17.8 Å². The lowest BCUT2D eigenvalue weighted by Gasteiger charge is -2.09. The lowest BCUT2D eigenvalue weighted by molar-refractivity contribution is 0.566. The Morgan fingerprint density at radius 3 is 2.52 bits per heavy atom. The van der Waals surface area contributed by atoms with Crippen LogP contribution < -0.4 is 0 Å². The van der Waals surface area contributed by atoms with Gasteiger partial charge in [-0.05, 0) is 23.8 Å². The molecule has 2 nitrogen and oxygen atoms in total. The Balaban J connectivity index is 2.03. The molecule has 5 heteroatoms. The normalized spacial score (nSPS) is 10.8. The molecule has 0 unspecified atom stereocenters. The molecule has 0 saturated heterocycles. The molecule has 1 N–H and O–H groups in total. The van der Waals surface area contributed by atoms with Gasteiger partial charge in [0.15, 0.2) is 4.77 Å². The highest BCUT2D eigenvalue weighted by atomic mass is 32.1. The van der Waals surface area contributed by atoms with E-state index >= 15 is 0 Å². The van der Waals surface area contributed by atoms with Gasteiger partial charge < -0.3 is 9.55 Å². The molecule has 0 amide bonds. The molecule has 0 radical (unpaired) electrons. The summed E-state index contributed by atoms with van der Waals surface area (Å²) < 4.78 is 29.1. The molecule has 106 valence electrons. The Bertz CT molecular complexity index is 822. The van der Waals surface area contributed by atoms with Crippen molar-refractivity contribution in [1.29, 1.82) is 0 Å². The van der Waals surface area contributed by atoms with Crippen LogP contribution in [0.5, 0.6) is 0 Å². The minimum atomic E-state index is -0.586. The summed E-state index contributed by atoms with van der Waals surface area (Å²) in [6.07, 6.45) is 1.79. The van der Waals surface area contributed by atoms with Gasteiger partial charge in [0.2, 0.25) is 0 Å². The maximum absolute atomic E-state index is 13.8. The van der Waals surface area contributed by atoms with Crippen LogP contribution in [0.4, 0.5) is 8.78 Å². The van der Waals surface area contributed by atoms with Crippen LogP contribution in [-0.4, -0.2) is 9.55 Å². The number of hydrogen-bond acceptors (Lipinski definition) is 1. The summed E-state index contributed by atoms with van der Waals surface area (Å²) in [7, 11) is 0. The fourth-order valence-electron chi connectivity index (χ4n) is 2.22. The van der Waals surface area contributed by atoms with E-state index < -0.39 is 11.6 Å². The maximum atomic E-state index is 13.8. The summed E-state index contributed by atoms with van der Waals surface area (Å²) in [6.45, 7) is 0.249. The van der Waals surface area contributed by atoms with Gasteiger partial charge in [0.25, 0.3) is 0 Å². The number of imidazole rings is 1. The third kappa shape index (κ3) is 2.78. The van der Waals surface area contributed by atoms with E-state index in [0.717, 1.165) is 17.3 Å². The zero-order valence-corrected chi connectivity index (χ0v) is 11.8. The van der Waals surface area contributed by atoms with Crippen LogP contribution in [0, 0.1) is 16.4 Å². The summed E-state index contributed by atoms with van der Waals surface area (Å²) in [6, 6.07) is 13.3. The number of aromatic nitrogens is 2. The molecule has 0 bridgehead atoms. The zero-order valence-electron chi connectivity index (χ0n) is 11.0. The van der Waals surface area contributed by atoms with Crippen molar-refractivity contribution in [2.24, 2.45) is 0 Å². The van der Waals surface area contributed by atoms with E-state index in [4.69, 9.17) is 12.2 Å². The molecule has 0 aliphatic heterocycles. The lowest BCUT2D eigenvalue weighted by Crippen LogP contribution is -2.04. The molecular weight excluding hydrogens is 290 g/mol. The molecule has 0 fully saturated rings. The molecule has 3 rings (SSSR count). The van der Waals surface area contributed by atoms with Crippen LogP contribution >= 0.6 is 12.2 Å². The first-order chi connectivity index (χ1) is 10.1. The van der Waals surface area contributed by atoms with E-state index in [1.807, 2.05) is 30.3 Å². The highest BCUT2D eigenvalue weighted by Gasteiger charge is 2.10. The molecule has 3 aromatic rings. The molecule has 0 saturated carbocycles. The van der Waals surface area contributed by atoms with Gasteiger partial charge in [-0.15, -0.1) is 0 Å². The summed E-state index contributed by atoms with van der Waals surface area (Å²) in [4.78, 5) is 2.97. The van der Waals surface area contributed by atoms with Crippen LogP contribution in [0.25, 0.3) is 11.3 Å². The average molecular weight is 302 g/mol. The second-order valence-electron chi connectivity index (χ2n) is 4.67. The van der Waals surface area contributed by atoms with Crippen molar-refractivity contribution in [3.8, 4) is 11.3 Å². The first kappa shape index (κ1) is 13.7. The van der Waals surface area contributed by atoms with E-state index in [2.05, 4.69) is 4.98 Å². The van der Waals surface area contributed by atoms with Gasteiger partial charge >= 0.3 is 0 Å². The molecule has 1 heterocycles. The second kappa shape index (κ2) is 5.61. The smallest absolute Gasteiger partial charge is 0.177 e. The first-order valence-corrected chi connectivity index (χ1v) is 6.83. The SMILES string of the molecule is Fc1ccc(Cn2c(-c3ccccc3)c[nH]c2=S)c(F)c1. The van der Waals surface area contributed by atoms with Crippen molar-refractivity contribution in [2.45, 2.75) is 6.54 Å². The van der Waals surface area contributed by atoms with Crippen molar-refractivity contribution in [3.05, 3.63) is 76.7 Å². The summed E-state index contributed by atoms with van der Waals surface area (Å²) in [5.41, 5.74) is 2.24. The van der Waals surface area contributed by atoms with Crippen LogP contribution in [0.2, 0.25) is 0 Å². The van der Waals surface area contributed by atoms with Crippen LogP contribution in [0.3, 0.4) is 0 Å². The van der Waals surface area contributed by atoms with Crippen molar-refractivity contribution in [3.63, 3.8) is 0 Å². The highest BCUT2D eigenvalue weighted by molar-refractivity contribution is 7.71. The Kier molecular flexibility index (Phi) is 3.66. The zero-order chi connectivity index (χ0) is 14.8. The number of aromatic amines is 1. The largest absolute Gasteiger partial charge is 0.337 e.